The molecule has 2 heterocycles. The monoisotopic (exact) mass is 341 g/mol. The summed E-state index contributed by atoms with van der Waals surface area (Å²) in [7, 11) is 1.97. The van der Waals surface area contributed by atoms with E-state index in [2.05, 4.69) is 24.3 Å². The number of amides is 1. The molecule has 0 aliphatic carbocycles. The molecule has 1 fully saturated rings. The molecule has 1 saturated heterocycles. The Hall–Kier alpha value is -1.28. The minimum Gasteiger partial charge on any atom is -0.323 e. The van der Waals surface area contributed by atoms with E-state index in [0.29, 0.717) is 12.5 Å². The number of nitrogens with one attached hydrogen (secondary N) is 2. The van der Waals surface area contributed by atoms with Gasteiger partial charge in [0.25, 0.3) is 0 Å². The van der Waals surface area contributed by atoms with Crippen LogP contribution >= 0.6 is 12.4 Å². The molecule has 0 saturated carbocycles. The second kappa shape index (κ2) is 7.82. The van der Waals surface area contributed by atoms with Crippen LogP contribution in [0, 0.1) is 5.92 Å². The molecule has 0 bridgehead atoms. The Bertz CT molecular complexity index is 617. The third-order valence-electron chi connectivity index (χ3n) is 3.79. The van der Waals surface area contributed by atoms with Gasteiger partial charge in [-0.1, -0.05) is 6.07 Å². The predicted molar refractivity (Wildman–Crippen MR) is 92.3 cm³/mol. The number of rotatable bonds is 5. The number of fused-ring (bicyclic) bond motifs is 1. The topological polar surface area (TPSA) is 69.1 Å². The van der Waals surface area contributed by atoms with Gasteiger partial charge < -0.3 is 10.6 Å². The first-order valence-electron chi connectivity index (χ1n) is 7.14. The molecule has 6 nitrogen and oxygen atoms in total. The first-order valence-corrected chi connectivity index (χ1v) is 7.87. The normalized spacial score (nSPS) is 19.4. The van der Waals surface area contributed by atoms with Crippen molar-refractivity contribution in [2.24, 2.45) is 14.6 Å². The lowest BCUT2D eigenvalue weighted by molar-refractivity contribution is -0.117. The highest BCUT2D eigenvalue weighted by Gasteiger charge is 2.23. The molecule has 1 unspecified atom stereocenters. The summed E-state index contributed by atoms with van der Waals surface area (Å²) >= 11 is 1.16. The average molecular weight is 342 g/mol. The Morgan fingerprint density at radius 1 is 1.45 bits per heavy atom. The third kappa shape index (κ3) is 3.92. The summed E-state index contributed by atoms with van der Waals surface area (Å²) in [5.41, 5.74) is 2.34. The summed E-state index contributed by atoms with van der Waals surface area (Å²) in [5, 5.41) is 6.15. The molecule has 0 aromatic heterocycles. The van der Waals surface area contributed by atoms with E-state index in [0.717, 1.165) is 54.5 Å². The van der Waals surface area contributed by atoms with Crippen molar-refractivity contribution in [3.05, 3.63) is 18.2 Å². The van der Waals surface area contributed by atoms with E-state index in [1.54, 1.807) is 0 Å². The van der Waals surface area contributed by atoms with Crippen LogP contribution in [-0.2, 0) is 16.1 Å². The number of likely N-dealkylation sites (tertiary alicyclic amines) is 1. The smallest absolute Gasteiger partial charge is 0.238 e. The summed E-state index contributed by atoms with van der Waals surface area (Å²) in [6.07, 6.45) is 1.15. The van der Waals surface area contributed by atoms with E-state index in [4.69, 9.17) is 0 Å². The van der Waals surface area contributed by atoms with Crippen LogP contribution in [0.15, 0.2) is 26.9 Å². The lowest BCUT2D eigenvalue weighted by atomic mass is 10.1. The largest absolute Gasteiger partial charge is 0.323 e. The second-order valence-corrected chi connectivity index (χ2v) is 5.96. The van der Waals surface area contributed by atoms with Gasteiger partial charge in [-0.05, 0) is 44.6 Å². The fourth-order valence-electron chi connectivity index (χ4n) is 2.81. The molecule has 120 valence electrons. The standard InChI is InChI=1S/C14H19N5OS.ClH/c1-15-7-10-5-6-19(8-10)9-13(20)16-11-3-2-4-12-14(11)18-21-17-12;/h2-4,10,15H,5-9H2,1H3,(H,16,20);1H. The van der Waals surface area contributed by atoms with Gasteiger partial charge in [-0.2, -0.15) is 8.73 Å². The molecular weight excluding hydrogens is 322 g/mol. The first-order chi connectivity index (χ1) is 10.3. The average Bonchev–Trinajstić information content (AvgIpc) is 3.09. The van der Waals surface area contributed by atoms with Crippen LogP contribution in [-0.4, -0.2) is 44.0 Å². The minimum absolute atomic E-state index is 0. The van der Waals surface area contributed by atoms with E-state index >= 15 is 0 Å². The molecule has 1 atom stereocenters. The van der Waals surface area contributed by atoms with Crippen LogP contribution in [0.25, 0.3) is 0 Å². The lowest BCUT2D eigenvalue weighted by Crippen LogP contribution is -2.32. The van der Waals surface area contributed by atoms with E-state index in [1.807, 2.05) is 25.2 Å². The number of halogens is 1. The zero-order valence-electron chi connectivity index (χ0n) is 12.4. The Labute approximate surface area is 140 Å². The molecule has 3 rings (SSSR count). The van der Waals surface area contributed by atoms with Gasteiger partial charge in [0.2, 0.25) is 5.91 Å². The molecule has 0 radical (unpaired) electrons. The van der Waals surface area contributed by atoms with Gasteiger partial charge in [-0.3, -0.25) is 9.69 Å². The van der Waals surface area contributed by atoms with Crippen molar-refractivity contribution >= 4 is 46.7 Å². The van der Waals surface area contributed by atoms with Crippen molar-refractivity contribution in [1.29, 1.82) is 0 Å². The number of benzene rings is 1. The van der Waals surface area contributed by atoms with E-state index < -0.39 is 0 Å². The fourth-order valence-corrected chi connectivity index (χ4v) is 3.36. The van der Waals surface area contributed by atoms with Gasteiger partial charge in [0.15, 0.2) is 0 Å². The predicted octanol–water partition coefficient (Wildman–Crippen LogP) is 2.31. The van der Waals surface area contributed by atoms with Gasteiger partial charge in [0.05, 0.1) is 23.6 Å². The Morgan fingerprint density at radius 3 is 3.14 bits per heavy atom. The highest BCUT2D eigenvalue weighted by molar-refractivity contribution is 7.58. The summed E-state index contributed by atoms with van der Waals surface area (Å²) in [4.78, 5) is 14.4. The van der Waals surface area contributed by atoms with Crippen molar-refractivity contribution in [2.75, 3.05) is 38.5 Å². The fraction of sp³-hybridized carbons (Fsp3) is 0.500. The maximum Gasteiger partial charge on any atom is 0.238 e. The minimum atomic E-state index is 0. The molecule has 0 spiro atoms. The van der Waals surface area contributed by atoms with Crippen molar-refractivity contribution in [3.63, 3.8) is 0 Å². The van der Waals surface area contributed by atoms with Crippen LogP contribution < -0.4 is 10.6 Å². The van der Waals surface area contributed by atoms with E-state index in [-0.39, 0.29) is 18.3 Å². The number of hydrogen-bond acceptors (Lipinski definition) is 5. The van der Waals surface area contributed by atoms with Crippen molar-refractivity contribution in [2.45, 2.75) is 6.42 Å². The number of carbonyl (C=O) groups excluding carboxylic acids is 1. The third-order valence-corrected chi connectivity index (χ3v) is 4.33. The van der Waals surface area contributed by atoms with Crippen LogP contribution in [0.5, 0.6) is 0 Å². The first kappa shape index (κ1) is 17.1. The zero-order chi connectivity index (χ0) is 14.7. The van der Waals surface area contributed by atoms with Gasteiger partial charge in [-0.15, -0.1) is 12.4 Å². The Kier molecular flexibility index (Phi) is 6.07. The Balaban J connectivity index is 0.00000176. The van der Waals surface area contributed by atoms with Crippen LogP contribution in [0.4, 0.5) is 17.1 Å². The van der Waals surface area contributed by atoms with Gasteiger partial charge in [0.1, 0.15) is 11.4 Å². The number of anilines is 1. The summed E-state index contributed by atoms with van der Waals surface area (Å²) < 4.78 is 8.42. The summed E-state index contributed by atoms with van der Waals surface area (Å²) in [6, 6.07) is 5.66. The summed E-state index contributed by atoms with van der Waals surface area (Å²) in [5.74, 6) is 0.662. The van der Waals surface area contributed by atoms with Gasteiger partial charge >= 0.3 is 0 Å². The Morgan fingerprint density at radius 2 is 2.32 bits per heavy atom. The molecule has 1 aromatic rings. The van der Waals surface area contributed by atoms with Crippen molar-refractivity contribution in [1.82, 2.24) is 10.2 Å². The number of carbonyl (C=O) groups is 1. The zero-order valence-corrected chi connectivity index (χ0v) is 14.0. The van der Waals surface area contributed by atoms with E-state index in [9.17, 15) is 4.79 Å². The molecule has 22 heavy (non-hydrogen) atoms. The van der Waals surface area contributed by atoms with Gasteiger partial charge in [-0.25, -0.2) is 0 Å². The lowest BCUT2D eigenvalue weighted by Gasteiger charge is -2.16. The quantitative estimate of drug-likeness (QED) is 0.876. The maximum absolute atomic E-state index is 12.2. The molecule has 8 heteroatoms. The van der Waals surface area contributed by atoms with Crippen LogP contribution in [0.1, 0.15) is 6.42 Å². The molecule has 1 amide bonds. The maximum atomic E-state index is 12.2. The molecule has 2 N–H and O–H groups in total. The summed E-state index contributed by atoms with van der Waals surface area (Å²) in [6.45, 7) is 3.43. The molecule has 2 aliphatic heterocycles. The SMILES string of the molecule is CNCC1CCN(CC(=O)Nc2cccc3c2N=S=N3)C1.Cl. The van der Waals surface area contributed by atoms with Crippen molar-refractivity contribution in [3.8, 4) is 0 Å². The second-order valence-electron chi connectivity index (χ2n) is 5.43. The van der Waals surface area contributed by atoms with Gasteiger partial charge in [0, 0.05) is 6.54 Å². The number of hydrogen-bond donors (Lipinski definition) is 2. The molecular formula is C14H20ClN5OS. The highest BCUT2D eigenvalue weighted by Crippen LogP contribution is 2.38. The van der Waals surface area contributed by atoms with Crippen LogP contribution in [0.2, 0.25) is 0 Å². The molecule has 2 aliphatic rings. The van der Waals surface area contributed by atoms with Crippen LogP contribution in [0.3, 0.4) is 0 Å². The van der Waals surface area contributed by atoms with Crippen molar-refractivity contribution < 1.29 is 4.79 Å². The highest BCUT2D eigenvalue weighted by atomic mass is 35.5. The molecule has 1 aromatic carbocycles. The van der Waals surface area contributed by atoms with E-state index in [1.165, 1.54) is 0 Å². The number of nitrogens with zero attached hydrogens (tertiary/aromatic N) is 3.